The zero-order valence-corrected chi connectivity index (χ0v) is 16.9. The number of ether oxygens (including phenoxy) is 1. The lowest BCUT2D eigenvalue weighted by molar-refractivity contribution is 0.367. The molecule has 3 aliphatic carbocycles. The maximum atomic E-state index is 6.13. The summed E-state index contributed by atoms with van der Waals surface area (Å²) in [5.74, 6) is 3.57. The summed E-state index contributed by atoms with van der Waals surface area (Å²) in [6.07, 6.45) is 21.0. The van der Waals surface area contributed by atoms with Gasteiger partial charge in [0.1, 0.15) is 5.75 Å². The number of hydrogen-bond donors (Lipinski definition) is 0. The van der Waals surface area contributed by atoms with Crippen LogP contribution >= 0.6 is 0 Å². The van der Waals surface area contributed by atoms with Gasteiger partial charge in [-0.3, -0.25) is 0 Å². The molecule has 3 fully saturated rings. The molecule has 26 heavy (non-hydrogen) atoms. The second kappa shape index (κ2) is 8.81. The lowest BCUT2D eigenvalue weighted by Crippen LogP contribution is -2.14. The van der Waals surface area contributed by atoms with Crippen molar-refractivity contribution in [2.75, 3.05) is 7.11 Å². The summed E-state index contributed by atoms with van der Waals surface area (Å²) in [5.41, 5.74) is 4.82. The second-order valence-corrected chi connectivity index (χ2v) is 9.24. The van der Waals surface area contributed by atoms with Crippen molar-refractivity contribution in [1.82, 2.24) is 0 Å². The smallest absolute Gasteiger partial charge is 0.125 e. The van der Waals surface area contributed by atoms with Gasteiger partial charge in [-0.15, -0.1) is 0 Å². The third-order valence-corrected chi connectivity index (χ3v) is 7.54. The van der Waals surface area contributed by atoms with Crippen LogP contribution in [-0.2, 0) is 0 Å². The highest BCUT2D eigenvalue weighted by Gasteiger charge is 2.28. The fraction of sp³-hybridized carbons (Fsp3) is 0.760. The zero-order valence-electron chi connectivity index (χ0n) is 16.9. The second-order valence-electron chi connectivity index (χ2n) is 9.24. The lowest BCUT2D eigenvalue weighted by atomic mass is 9.75. The van der Waals surface area contributed by atoms with Gasteiger partial charge in [-0.1, -0.05) is 69.9 Å². The van der Waals surface area contributed by atoms with Gasteiger partial charge in [0.25, 0.3) is 0 Å². The van der Waals surface area contributed by atoms with Crippen molar-refractivity contribution in [1.29, 1.82) is 0 Å². The van der Waals surface area contributed by atoms with Crippen LogP contribution in [0.4, 0.5) is 0 Å². The summed E-state index contributed by atoms with van der Waals surface area (Å²) < 4.78 is 6.13. The zero-order chi connectivity index (χ0) is 17.8. The first-order chi connectivity index (χ1) is 12.9. The van der Waals surface area contributed by atoms with Crippen LogP contribution in [0.5, 0.6) is 5.75 Å². The van der Waals surface area contributed by atoms with Crippen molar-refractivity contribution in [3.05, 3.63) is 28.8 Å². The molecule has 0 unspecified atom stereocenters. The molecular weight excluding hydrogens is 316 g/mol. The molecule has 0 amide bonds. The number of hydrogen-bond acceptors (Lipinski definition) is 1. The van der Waals surface area contributed by atoms with E-state index in [2.05, 4.69) is 12.1 Å². The van der Waals surface area contributed by atoms with Gasteiger partial charge in [-0.05, 0) is 73.0 Å². The van der Waals surface area contributed by atoms with E-state index in [1.165, 1.54) is 102 Å². The Morgan fingerprint density at radius 1 is 0.577 bits per heavy atom. The molecule has 1 heteroatoms. The van der Waals surface area contributed by atoms with Crippen LogP contribution in [0.25, 0.3) is 0 Å². The minimum atomic E-state index is 0.740. The van der Waals surface area contributed by atoms with Crippen LogP contribution in [0.3, 0.4) is 0 Å². The average Bonchev–Trinajstić information content (AvgIpc) is 2.74. The van der Waals surface area contributed by atoms with E-state index in [1.54, 1.807) is 16.7 Å². The maximum absolute atomic E-state index is 6.13. The fourth-order valence-electron chi connectivity index (χ4n) is 6.04. The van der Waals surface area contributed by atoms with Gasteiger partial charge in [-0.2, -0.15) is 0 Å². The Bertz CT molecular complexity index is 533. The van der Waals surface area contributed by atoms with E-state index in [4.69, 9.17) is 4.74 Å². The van der Waals surface area contributed by atoms with Gasteiger partial charge in [0.05, 0.1) is 7.11 Å². The predicted molar refractivity (Wildman–Crippen MR) is 110 cm³/mol. The summed E-state index contributed by atoms with van der Waals surface area (Å²) in [6.45, 7) is 0. The Hall–Kier alpha value is -0.980. The van der Waals surface area contributed by atoms with E-state index in [-0.39, 0.29) is 0 Å². The van der Waals surface area contributed by atoms with Crippen molar-refractivity contribution in [2.24, 2.45) is 0 Å². The van der Waals surface area contributed by atoms with Crippen molar-refractivity contribution >= 4 is 0 Å². The number of rotatable bonds is 4. The molecule has 0 aromatic heterocycles. The first-order valence-electron chi connectivity index (χ1n) is 11.6. The van der Waals surface area contributed by atoms with E-state index in [9.17, 15) is 0 Å². The Balaban J connectivity index is 1.73. The molecule has 144 valence electrons. The highest BCUT2D eigenvalue weighted by Crippen LogP contribution is 2.47. The van der Waals surface area contributed by atoms with Gasteiger partial charge in [0.15, 0.2) is 0 Å². The highest BCUT2D eigenvalue weighted by molar-refractivity contribution is 5.49. The minimum Gasteiger partial charge on any atom is -0.496 e. The summed E-state index contributed by atoms with van der Waals surface area (Å²) in [5, 5.41) is 0. The van der Waals surface area contributed by atoms with Crippen LogP contribution in [0, 0.1) is 0 Å². The van der Waals surface area contributed by atoms with Crippen LogP contribution < -0.4 is 4.74 Å². The molecule has 1 aromatic carbocycles. The molecule has 1 nitrogen and oxygen atoms in total. The molecule has 0 heterocycles. The molecule has 3 aliphatic rings. The summed E-state index contributed by atoms with van der Waals surface area (Å²) in [7, 11) is 1.92. The molecule has 0 spiro atoms. The predicted octanol–water partition coefficient (Wildman–Crippen LogP) is 7.84. The Morgan fingerprint density at radius 2 is 0.962 bits per heavy atom. The molecular formula is C25H38O. The molecule has 1 aromatic rings. The average molecular weight is 355 g/mol. The third-order valence-electron chi connectivity index (χ3n) is 7.54. The molecule has 0 bridgehead atoms. The molecule has 3 saturated carbocycles. The first-order valence-corrected chi connectivity index (χ1v) is 11.6. The topological polar surface area (TPSA) is 9.23 Å². The largest absolute Gasteiger partial charge is 0.496 e. The minimum absolute atomic E-state index is 0.740. The van der Waals surface area contributed by atoms with E-state index in [0.717, 1.165) is 17.8 Å². The van der Waals surface area contributed by atoms with Gasteiger partial charge >= 0.3 is 0 Å². The Kier molecular flexibility index (Phi) is 6.23. The molecule has 0 radical (unpaired) electrons. The molecule has 0 saturated heterocycles. The SMILES string of the molecule is COc1c(C2CCCCC2)cc(C2CCCCC2)cc1C1CCCCC1. The van der Waals surface area contributed by atoms with Crippen molar-refractivity contribution in [3.8, 4) is 5.75 Å². The van der Waals surface area contributed by atoms with Gasteiger partial charge in [0.2, 0.25) is 0 Å². The van der Waals surface area contributed by atoms with Gasteiger partial charge in [0, 0.05) is 0 Å². The highest BCUT2D eigenvalue weighted by atomic mass is 16.5. The summed E-state index contributed by atoms with van der Waals surface area (Å²) in [6, 6.07) is 5.19. The lowest BCUT2D eigenvalue weighted by Gasteiger charge is -2.31. The van der Waals surface area contributed by atoms with Crippen LogP contribution in [0.1, 0.15) is 131 Å². The Morgan fingerprint density at radius 3 is 1.35 bits per heavy atom. The van der Waals surface area contributed by atoms with E-state index >= 15 is 0 Å². The van der Waals surface area contributed by atoms with Crippen molar-refractivity contribution < 1.29 is 4.74 Å². The van der Waals surface area contributed by atoms with Crippen LogP contribution in [0.2, 0.25) is 0 Å². The fourth-order valence-corrected chi connectivity index (χ4v) is 6.04. The van der Waals surface area contributed by atoms with Crippen LogP contribution in [-0.4, -0.2) is 7.11 Å². The molecule has 4 rings (SSSR count). The third kappa shape index (κ3) is 3.97. The van der Waals surface area contributed by atoms with Crippen LogP contribution in [0.15, 0.2) is 12.1 Å². The number of benzene rings is 1. The van der Waals surface area contributed by atoms with E-state index in [1.807, 2.05) is 7.11 Å². The summed E-state index contributed by atoms with van der Waals surface area (Å²) in [4.78, 5) is 0. The van der Waals surface area contributed by atoms with Crippen molar-refractivity contribution in [2.45, 2.75) is 114 Å². The van der Waals surface area contributed by atoms with Crippen molar-refractivity contribution in [3.63, 3.8) is 0 Å². The monoisotopic (exact) mass is 354 g/mol. The van der Waals surface area contributed by atoms with E-state index in [0.29, 0.717) is 0 Å². The maximum Gasteiger partial charge on any atom is 0.125 e. The van der Waals surface area contributed by atoms with Gasteiger partial charge in [-0.25, -0.2) is 0 Å². The summed E-state index contributed by atoms with van der Waals surface area (Å²) >= 11 is 0. The molecule has 0 N–H and O–H groups in total. The van der Waals surface area contributed by atoms with Gasteiger partial charge < -0.3 is 4.74 Å². The Labute approximate surface area is 160 Å². The van der Waals surface area contributed by atoms with E-state index < -0.39 is 0 Å². The standard InChI is InChI=1S/C25H38O/c1-26-25-23(20-13-7-3-8-14-20)17-22(19-11-5-2-6-12-19)18-24(25)21-15-9-4-10-16-21/h17-21H,2-16H2,1H3. The normalized spacial score (nSPS) is 23.9. The number of methoxy groups -OCH3 is 1. The first kappa shape index (κ1) is 18.4. The molecule has 0 atom stereocenters. The quantitative estimate of drug-likeness (QED) is 0.535. The molecule has 0 aliphatic heterocycles.